The number of hydrogen-bond acceptors (Lipinski definition) is 2. The molecule has 140 valence electrons. The minimum atomic E-state index is -1.91. The molecule has 2 atom stereocenters. The summed E-state index contributed by atoms with van der Waals surface area (Å²) in [6, 6.07) is 0. The van der Waals surface area contributed by atoms with Gasteiger partial charge in [-0.25, -0.2) is 0 Å². The summed E-state index contributed by atoms with van der Waals surface area (Å²) < 4.78 is 6.73. The van der Waals surface area contributed by atoms with Crippen molar-refractivity contribution in [3.8, 4) is 0 Å². The predicted molar refractivity (Wildman–Crippen MR) is 109 cm³/mol. The van der Waals surface area contributed by atoms with Crippen molar-refractivity contribution in [1.82, 2.24) is 0 Å². The summed E-state index contributed by atoms with van der Waals surface area (Å²) in [6.45, 7) is 23.4. The van der Waals surface area contributed by atoms with Crippen LogP contribution in [0.1, 0.15) is 66.7 Å². The van der Waals surface area contributed by atoms with Gasteiger partial charge in [0.25, 0.3) is 0 Å². The molecule has 0 fully saturated rings. The molecule has 0 aliphatic heterocycles. The van der Waals surface area contributed by atoms with Gasteiger partial charge in [0.1, 0.15) is 5.78 Å². The van der Waals surface area contributed by atoms with Gasteiger partial charge in [0.2, 0.25) is 0 Å². The van der Waals surface area contributed by atoms with Crippen molar-refractivity contribution in [3.63, 3.8) is 0 Å². The molecule has 0 saturated heterocycles. The second-order valence-electron chi connectivity index (χ2n) is 8.76. The summed E-state index contributed by atoms with van der Waals surface area (Å²) in [7, 11) is -1.91. The summed E-state index contributed by atoms with van der Waals surface area (Å²) in [6.07, 6.45) is 7.68. The molecule has 0 spiro atoms. The number of ketones is 1. The van der Waals surface area contributed by atoms with Gasteiger partial charge in [0.15, 0.2) is 8.32 Å². The molecule has 3 heteroatoms. The minimum Gasteiger partial charge on any atom is -0.413 e. The molecule has 24 heavy (non-hydrogen) atoms. The summed E-state index contributed by atoms with van der Waals surface area (Å²) in [4.78, 5) is 12.4. The smallest absolute Gasteiger partial charge is 0.192 e. The Balaban J connectivity index is 5.35. The third kappa shape index (κ3) is 7.93. The number of Topliss-reactive ketones (excluding diaryl/α,β-unsaturated/α-hetero) is 1. The Bertz CT molecular complexity index is 405. The molecule has 0 radical (unpaired) electrons. The minimum absolute atomic E-state index is 0.0168. The average Bonchev–Trinajstić information content (AvgIpc) is 2.43. The van der Waals surface area contributed by atoms with E-state index in [9.17, 15) is 4.79 Å². The highest BCUT2D eigenvalue weighted by Crippen LogP contribution is 2.40. The fourth-order valence-corrected chi connectivity index (χ4v) is 4.05. The van der Waals surface area contributed by atoms with Crippen LogP contribution in [0.5, 0.6) is 0 Å². The standard InChI is InChI=1S/C21H40O2Si/c1-10-12-14-18(22)16-20(19(17(3)4)15-13-11-2)23-24(8,9)21(5,6)7/h10-11,17,19-20H,1-2,12-16H2,3-9H3/t19-,20+/m0/s1. The molecule has 0 aliphatic rings. The average molecular weight is 353 g/mol. The monoisotopic (exact) mass is 352 g/mol. The second-order valence-corrected chi connectivity index (χ2v) is 13.5. The van der Waals surface area contributed by atoms with Crippen LogP contribution >= 0.6 is 0 Å². The van der Waals surface area contributed by atoms with Gasteiger partial charge in [-0.2, -0.15) is 0 Å². The van der Waals surface area contributed by atoms with E-state index in [0.717, 1.165) is 19.3 Å². The number of carbonyl (C=O) groups excluding carboxylic acids is 1. The lowest BCUT2D eigenvalue weighted by Gasteiger charge is -2.42. The van der Waals surface area contributed by atoms with Crippen LogP contribution < -0.4 is 0 Å². The van der Waals surface area contributed by atoms with Gasteiger partial charge in [0, 0.05) is 12.8 Å². The van der Waals surface area contributed by atoms with Gasteiger partial charge in [-0.1, -0.05) is 46.8 Å². The number of hydrogen-bond donors (Lipinski definition) is 0. The van der Waals surface area contributed by atoms with Crippen molar-refractivity contribution >= 4 is 14.1 Å². The van der Waals surface area contributed by atoms with Crippen LogP contribution in [0.4, 0.5) is 0 Å². The topological polar surface area (TPSA) is 26.3 Å². The molecular formula is C21H40O2Si. The van der Waals surface area contributed by atoms with Crippen LogP contribution in [0, 0.1) is 11.8 Å². The lowest BCUT2D eigenvalue weighted by atomic mass is 9.84. The third-order valence-electron chi connectivity index (χ3n) is 5.35. The van der Waals surface area contributed by atoms with Crippen molar-refractivity contribution in [3.05, 3.63) is 25.3 Å². The highest BCUT2D eigenvalue weighted by molar-refractivity contribution is 6.74. The first-order valence-corrected chi connectivity index (χ1v) is 12.3. The Morgan fingerprint density at radius 1 is 1.12 bits per heavy atom. The van der Waals surface area contributed by atoms with Crippen LogP contribution in [0.25, 0.3) is 0 Å². The maximum Gasteiger partial charge on any atom is 0.192 e. The van der Waals surface area contributed by atoms with E-state index in [0.29, 0.717) is 30.5 Å². The van der Waals surface area contributed by atoms with E-state index in [4.69, 9.17) is 4.43 Å². The Morgan fingerprint density at radius 3 is 2.08 bits per heavy atom. The highest BCUT2D eigenvalue weighted by atomic mass is 28.4. The molecule has 0 rings (SSSR count). The normalized spacial score (nSPS) is 15.2. The molecule has 0 N–H and O–H groups in total. The van der Waals surface area contributed by atoms with Gasteiger partial charge in [0.05, 0.1) is 6.10 Å². The molecule has 0 aromatic heterocycles. The highest BCUT2D eigenvalue weighted by Gasteiger charge is 2.41. The maximum absolute atomic E-state index is 12.4. The SMILES string of the molecule is C=CCCC(=O)C[C@@H](O[Si](C)(C)C(C)(C)C)[C@@H](CCC=C)C(C)C. The van der Waals surface area contributed by atoms with Gasteiger partial charge < -0.3 is 4.43 Å². The molecule has 0 amide bonds. The Labute approximate surface area is 151 Å². The predicted octanol–water partition coefficient (Wildman–Crippen LogP) is 6.54. The molecule has 0 bridgehead atoms. The van der Waals surface area contributed by atoms with Gasteiger partial charge >= 0.3 is 0 Å². The summed E-state index contributed by atoms with van der Waals surface area (Å²) in [5.74, 6) is 1.18. The zero-order chi connectivity index (χ0) is 19.0. The fraction of sp³-hybridized carbons (Fsp3) is 0.762. The summed E-state index contributed by atoms with van der Waals surface area (Å²) in [5, 5.41) is 0.148. The van der Waals surface area contributed by atoms with E-state index < -0.39 is 8.32 Å². The van der Waals surface area contributed by atoms with E-state index in [1.165, 1.54) is 0 Å². The zero-order valence-corrected chi connectivity index (χ0v) is 18.2. The van der Waals surface area contributed by atoms with Crippen molar-refractivity contribution in [2.75, 3.05) is 0 Å². The Morgan fingerprint density at radius 2 is 1.67 bits per heavy atom. The van der Waals surface area contributed by atoms with Crippen LogP contribution in [0.3, 0.4) is 0 Å². The van der Waals surface area contributed by atoms with E-state index in [-0.39, 0.29) is 11.1 Å². The fourth-order valence-electron chi connectivity index (χ4n) is 2.68. The molecule has 0 saturated carbocycles. The third-order valence-corrected chi connectivity index (χ3v) is 9.85. The van der Waals surface area contributed by atoms with Crippen LogP contribution in [-0.4, -0.2) is 20.2 Å². The second kappa shape index (κ2) is 10.3. The first-order valence-electron chi connectivity index (χ1n) is 9.37. The van der Waals surface area contributed by atoms with E-state index >= 15 is 0 Å². The van der Waals surface area contributed by atoms with Gasteiger partial charge in [-0.15, -0.1) is 13.2 Å². The van der Waals surface area contributed by atoms with Crippen molar-refractivity contribution in [2.45, 2.75) is 91.0 Å². The van der Waals surface area contributed by atoms with Crippen LogP contribution in [0.2, 0.25) is 18.1 Å². The lowest BCUT2D eigenvalue weighted by molar-refractivity contribution is -0.121. The van der Waals surface area contributed by atoms with Crippen molar-refractivity contribution in [2.24, 2.45) is 11.8 Å². The van der Waals surface area contributed by atoms with E-state index in [2.05, 4.69) is 60.9 Å². The molecule has 0 unspecified atom stereocenters. The number of rotatable bonds is 12. The van der Waals surface area contributed by atoms with Gasteiger partial charge in [-0.05, 0) is 49.2 Å². The van der Waals surface area contributed by atoms with Crippen LogP contribution in [0.15, 0.2) is 25.3 Å². The first kappa shape index (κ1) is 23.3. The Kier molecular flexibility index (Phi) is 10.1. The van der Waals surface area contributed by atoms with Gasteiger partial charge in [-0.3, -0.25) is 4.79 Å². The Hall–Kier alpha value is -0.673. The summed E-state index contributed by atoms with van der Waals surface area (Å²) >= 11 is 0. The molecule has 0 heterocycles. The molecule has 0 aliphatic carbocycles. The maximum atomic E-state index is 12.4. The molecular weight excluding hydrogens is 312 g/mol. The molecule has 0 aromatic rings. The van der Waals surface area contributed by atoms with Crippen molar-refractivity contribution in [1.29, 1.82) is 0 Å². The zero-order valence-electron chi connectivity index (χ0n) is 17.2. The lowest BCUT2D eigenvalue weighted by Crippen LogP contribution is -2.47. The number of allylic oxidation sites excluding steroid dienone is 2. The first-order chi connectivity index (χ1) is 11.0. The van der Waals surface area contributed by atoms with Crippen LogP contribution in [-0.2, 0) is 9.22 Å². The van der Waals surface area contributed by atoms with E-state index in [1.54, 1.807) is 0 Å². The largest absolute Gasteiger partial charge is 0.413 e. The van der Waals surface area contributed by atoms with E-state index in [1.807, 2.05) is 12.2 Å². The molecule has 2 nitrogen and oxygen atoms in total. The molecule has 0 aromatic carbocycles. The number of carbonyl (C=O) groups is 1. The summed E-state index contributed by atoms with van der Waals surface area (Å²) in [5.41, 5.74) is 0. The van der Waals surface area contributed by atoms with Crippen molar-refractivity contribution < 1.29 is 9.22 Å². The quantitative estimate of drug-likeness (QED) is 0.294.